The fraction of sp³-hybridized carbons (Fsp3) is 0.667. The molecule has 3 N–H and O–H groups in total. The summed E-state index contributed by atoms with van der Waals surface area (Å²) in [4.78, 5) is 16.3. The Bertz CT molecular complexity index is 488. The van der Waals surface area contributed by atoms with E-state index in [1.807, 2.05) is 19.1 Å². The van der Waals surface area contributed by atoms with Crippen LogP contribution in [-0.2, 0) is 0 Å². The van der Waals surface area contributed by atoms with Crippen LogP contribution in [0.15, 0.2) is 24.5 Å². The zero-order chi connectivity index (χ0) is 16.7. The molecule has 128 valence electrons. The second-order valence-corrected chi connectivity index (χ2v) is 6.93. The molecule has 1 heterocycles. The van der Waals surface area contributed by atoms with E-state index in [1.54, 1.807) is 12.4 Å². The zero-order valence-electron chi connectivity index (χ0n) is 14.2. The number of nitrogens with one attached hydrogen (secondary N) is 2. The molecule has 2 atom stereocenters. The first kappa shape index (κ1) is 17.7. The molecule has 5 heteroatoms. The fourth-order valence-electron chi connectivity index (χ4n) is 3.37. The second-order valence-electron chi connectivity index (χ2n) is 6.93. The topological polar surface area (TPSA) is 74.2 Å². The van der Waals surface area contributed by atoms with Gasteiger partial charge in [0.2, 0.25) is 0 Å². The number of pyridine rings is 1. The predicted octanol–water partition coefficient (Wildman–Crippen LogP) is 2.82. The predicted molar refractivity (Wildman–Crippen MR) is 91.3 cm³/mol. The summed E-state index contributed by atoms with van der Waals surface area (Å²) in [5, 5.41) is 15.7. The first-order valence-corrected chi connectivity index (χ1v) is 8.62. The number of aliphatic hydroxyl groups is 1. The number of rotatable bonds is 6. The summed E-state index contributed by atoms with van der Waals surface area (Å²) in [6, 6.07) is 3.72. The molecule has 1 aliphatic rings. The van der Waals surface area contributed by atoms with Crippen LogP contribution in [0.1, 0.15) is 57.4 Å². The van der Waals surface area contributed by atoms with Crippen molar-refractivity contribution >= 4 is 6.03 Å². The molecule has 2 amide bonds. The molecule has 2 rings (SSSR count). The van der Waals surface area contributed by atoms with Crippen molar-refractivity contribution < 1.29 is 9.90 Å². The number of hydrogen-bond donors (Lipinski definition) is 3. The van der Waals surface area contributed by atoms with E-state index in [2.05, 4.69) is 22.5 Å². The van der Waals surface area contributed by atoms with E-state index in [9.17, 15) is 9.90 Å². The monoisotopic (exact) mass is 319 g/mol. The minimum absolute atomic E-state index is 0.0228. The van der Waals surface area contributed by atoms with Crippen molar-refractivity contribution in [1.29, 1.82) is 0 Å². The van der Waals surface area contributed by atoms with E-state index in [0.717, 1.165) is 18.4 Å². The summed E-state index contributed by atoms with van der Waals surface area (Å²) >= 11 is 0. The molecule has 0 unspecified atom stereocenters. The molecular formula is C18H29N3O2. The van der Waals surface area contributed by atoms with Crippen LogP contribution in [0, 0.1) is 5.92 Å². The molecule has 0 aromatic carbocycles. The lowest BCUT2D eigenvalue weighted by molar-refractivity contribution is 0.101. The van der Waals surface area contributed by atoms with Gasteiger partial charge < -0.3 is 15.7 Å². The van der Waals surface area contributed by atoms with Crippen molar-refractivity contribution in [2.24, 2.45) is 5.92 Å². The van der Waals surface area contributed by atoms with Gasteiger partial charge in [0.25, 0.3) is 0 Å². The maximum Gasteiger partial charge on any atom is 0.315 e. The van der Waals surface area contributed by atoms with Gasteiger partial charge in [0.15, 0.2) is 0 Å². The minimum atomic E-state index is -0.537. The molecule has 1 aromatic heterocycles. The lowest BCUT2D eigenvalue weighted by atomic mass is 9.76. The molecule has 0 spiro atoms. The van der Waals surface area contributed by atoms with E-state index in [0.29, 0.717) is 12.5 Å². The van der Waals surface area contributed by atoms with Gasteiger partial charge in [-0.15, -0.1) is 0 Å². The maximum absolute atomic E-state index is 12.3. The quantitative estimate of drug-likeness (QED) is 0.755. The summed E-state index contributed by atoms with van der Waals surface area (Å²) < 4.78 is 0. The third-order valence-electron chi connectivity index (χ3n) is 5.08. The van der Waals surface area contributed by atoms with Gasteiger partial charge in [0, 0.05) is 18.9 Å². The van der Waals surface area contributed by atoms with Gasteiger partial charge in [0.1, 0.15) is 0 Å². The largest absolute Gasteiger partial charge is 0.394 e. The van der Waals surface area contributed by atoms with Crippen molar-refractivity contribution in [2.45, 2.75) is 57.4 Å². The van der Waals surface area contributed by atoms with Crippen LogP contribution in [0.5, 0.6) is 0 Å². The summed E-state index contributed by atoms with van der Waals surface area (Å²) in [5.41, 5.74) is 0.613. The van der Waals surface area contributed by atoms with E-state index in [4.69, 9.17) is 0 Å². The summed E-state index contributed by atoms with van der Waals surface area (Å²) in [5.74, 6) is 0.573. The van der Waals surface area contributed by atoms with Crippen molar-refractivity contribution in [1.82, 2.24) is 15.6 Å². The Morgan fingerprint density at radius 1 is 1.35 bits per heavy atom. The van der Waals surface area contributed by atoms with E-state index < -0.39 is 5.54 Å². The van der Waals surface area contributed by atoms with E-state index in [1.165, 1.54) is 19.3 Å². The van der Waals surface area contributed by atoms with Crippen molar-refractivity contribution in [3.05, 3.63) is 30.1 Å². The Balaban J connectivity index is 1.85. The Morgan fingerprint density at radius 3 is 2.61 bits per heavy atom. The highest BCUT2D eigenvalue weighted by Crippen LogP contribution is 2.32. The summed E-state index contributed by atoms with van der Waals surface area (Å²) in [6.45, 7) is 4.56. The lowest BCUT2D eigenvalue weighted by Gasteiger charge is -2.39. The van der Waals surface area contributed by atoms with E-state index >= 15 is 0 Å². The van der Waals surface area contributed by atoms with Gasteiger partial charge >= 0.3 is 6.03 Å². The highest BCUT2D eigenvalue weighted by atomic mass is 16.3. The highest BCUT2D eigenvalue weighted by molar-refractivity contribution is 5.74. The van der Waals surface area contributed by atoms with Crippen LogP contribution in [0.25, 0.3) is 0 Å². The number of hydrogen-bond acceptors (Lipinski definition) is 3. The molecule has 0 aliphatic heterocycles. The van der Waals surface area contributed by atoms with Crippen LogP contribution >= 0.6 is 0 Å². The van der Waals surface area contributed by atoms with Crippen molar-refractivity contribution in [3.63, 3.8) is 0 Å². The molecule has 1 fully saturated rings. The Hall–Kier alpha value is -1.62. The number of amides is 2. The maximum atomic E-state index is 12.3. The second kappa shape index (κ2) is 8.29. The smallest absolute Gasteiger partial charge is 0.315 e. The number of aromatic nitrogens is 1. The van der Waals surface area contributed by atoms with Crippen LogP contribution in [0.4, 0.5) is 4.79 Å². The number of carbonyl (C=O) groups is 1. The first-order chi connectivity index (χ1) is 11.0. The van der Waals surface area contributed by atoms with Crippen LogP contribution in [-0.4, -0.2) is 34.8 Å². The summed E-state index contributed by atoms with van der Waals surface area (Å²) in [7, 11) is 0. The number of urea groups is 1. The molecule has 0 radical (unpaired) electrons. The first-order valence-electron chi connectivity index (χ1n) is 8.62. The molecule has 0 bridgehead atoms. The molecule has 1 aromatic rings. The molecule has 1 aliphatic carbocycles. The molecule has 1 saturated carbocycles. The van der Waals surface area contributed by atoms with E-state index in [-0.39, 0.29) is 18.6 Å². The third kappa shape index (κ3) is 4.93. The van der Waals surface area contributed by atoms with Crippen LogP contribution in [0.2, 0.25) is 0 Å². The van der Waals surface area contributed by atoms with Gasteiger partial charge in [-0.25, -0.2) is 4.79 Å². The van der Waals surface area contributed by atoms with Crippen LogP contribution in [0.3, 0.4) is 0 Å². The Kier molecular flexibility index (Phi) is 6.39. The molecule has 0 saturated heterocycles. The highest BCUT2D eigenvalue weighted by Gasteiger charge is 2.35. The lowest BCUT2D eigenvalue weighted by Crippen LogP contribution is -2.57. The van der Waals surface area contributed by atoms with Gasteiger partial charge in [-0.2, -0.15) is 0 Å². The summed E-state index contributed by atoms with van der Waals surface area (Å²) in [6.07, 6.45) is 9.30. The standard InChI is InChI=1S/C18H29N3O2/c1-14(15-8-10-19-11-9-15)12-20-17(23)21-18(2,13-22)16-6-4-3-5-7-16/h8-11,14,16,22H,3-7,12-13H2,1-2H3,(H2,20,21,23)/t14-,18+/m1/s1. The molecule has 5 nitrogen and oxygen atoms in total. The number of aliphatic hydroxyl groups excluding tert-OH is 1. The molecule has 23 heavy (non-hydrogen) atoms. The van der Waals surface area contributed by atoms with Gasteiger partial charge in [0.05, 0.1) is 12.1 Å². The number of nitrogens with zero attached hydrogens (tertiary/aromatic N) is 1. The zero-order valence-corrected chi connectivity index (χ0v) is 14.2. The van der Waals surface area contributed by atoms with Crippen molar-refractivity contribution in [2.75, 3.05) is 13.2 Å². The average molecular weight is 319 g/mol. The number of carbonyl (C=O) groups excluding carboxylic acids is 1. The fourth-order valence-corrected chi connectivity index (χ4v) is 3.37. The van der Waals surface area contributed by atoms with Crippen molar-refractivity contribution in [3.8, 4) is 0 Å². The van der Waals surface area contributed by atoms with Gasteiger partial charge in [-0.3, -0.25) is 4.98 Å². The minimum Gasteiger partial charge on any atom is -0.394 e. The average Bonchev–Trinajstić information content (AvgIpc) is 2.61. The normalized spacial score (nSPS) is 19.6. The third-order valence-corrected chi connectivity index (χ3v) is 5.08. The Labute approximate surface area is 138 Å². The SMILES string of the molecule is C[C@H](CNC(=O)N[C@@](C)(CO)C1CCCCC1)c1ccncc1. The van der Waals surface area contributed by atoms with Crippen LogP contribution < -0.4 is 10.6 Å². The van der Waals surface area contributed by atoms with Gasteiger partial charge in [-0.1, -0.05) is 26.2 Å². The van der Waals surface area contributed by atoms with Gasteiger partial charge in [-0.05, 0) is 49.3 Å². The Morgan fingerprint density at radius 2 is 2.00 bits per heavy atom. The molecular weight excluding hydrogens is 290 g/mol.